The molecule has 1 saturated heterocycles. The minimum absolute atomic E-state index is 0.299. The number of halogens is 3. The zero-order chi connectivity index (χ0) is 11.6. The van der Waals surface area contributed by atoms with Crippen LogP contribution in [0.5, 0.6) is 0 Å². The Morgan fingerprint density at radius 1 is 1.40 bits per heavy atom. The summed E-state index contributed by atoms with van der Waals surface area (Å²) in [5.41, 5.74) is 0. The van der Waals surface area contributed by atoms with Crippen molar-refractivity contribution in [2.75, 3.05) is 20.1 Å². The summed E-state index contributed by atoms with van der Waals surface area (Å²) in [4.78, 5) is 12.5. The van der Waals surface area contributed by atoms with Gasteiger partial charge in [0.05, 0.1) is 0 Å². The maximum Gasteiger partial charge on any atom is 0.402 e. The van der Waals surface area contributed by atoms with Crippen LogP contribution < -0.4 is 0 Å². The van der Waals surface area contributed by atoms with Crippen LogP contribution in [0.2, 0.25) is 0 Å². The van der Waals surface area contributed by atoms with E-state index < -0.39 is 24.0 Å². The normalized spacial score (nSPS) is 22.7. The molecule has 0 amide bonds. The first-order valence-corrected chi connectivity index (χ1v) is 4.80. The molecule has 1 fully saturated rings. The second kappa shape index (κ2) is 4.38. The highest BCUT2D eigenvalue weighted by Crippen LogP contribution is 2.37. The van der Waals surface area contributed by atoms with Crippen molar-refractivity contribution in [1.82, 2.24) is 4.90 Å². The maximum atomic E-state index is 12.5. The molecule has 0 aromatic carbocycles. The Kier molecular flexibility index (Phi) is 3.59. The zero-order valence-electron chi connectivity index (χ0n) is 8.42. The van der Waals surface area contributed by atoms with Crippen LogP contribution in [0.15, 0.2) is 0 Å². The van der Waals surface area contributed by atoms with Crippen LogP contribution >= 0.6 is 0 Å². The van der Waals surface area contributed by atoms with Crippen molar-refractivity contribution in [3.8, 4) is 0 Å². The second-order valence-corrected chi connectivity index (χ2v) is 4.00. The summed E-state index contributed by atoms with van der Waals surface area (Å²) in [5.74, 6) is -4.73. The van der Waals surface area contributed by atoms with Crippen LogP contribution in [0.3, 0.4) is 0 Å². The van der Waals surface area contributed by atoms with Crippen LogP contribution in [0.4, 0.5) is 13.2 Å². The number of aliphatic carboxylic acids is 1. The highest BCUT2D eigenvalue weighted by molar-refractivity contribution is 5.71. The van der Waals surface area contributed by atoms with Crippen molar-refractivity contribution >= 4 is 5.97 Å². The lowest BCUT2D eigenvalue weighted by atomic mass is 9.84. The van der Waals surface area contributed by atoms with Crippen LogP contribution in [0.1, 0.15) is 12.8 Å². The summed E-state index contributed by atoms with van der Waals surface area (Å²) < 4.78 is 37.4. The van der Waals surface area contributed by atoms with Crippen LogP contribution in [0, 0.1) is 11.8 Å². The van der Waals surface area contributed by atoms with E-state index in [9.17, 15) is 18.0 Å². The minimum atomic E-state index is -4.63. The molecule has 0 aliphatic carbocycles. The molecule has 1 unspecified atom stereocenters. The molecule has 0 aromatic rings. The molecule has 0 saturated carbocycles. The average molecular weight is 225 g/mol. The number of alkyl halides is 3. The van der Waals surface area contributed by atoms with E-state index in [-0.39, 0.29) is 0 Å². The van der Waals surface area contributed by atoms with E-state index >= 15 is 0 Å². The summed E-state index contributed by atoms with van der Waals surface area (Å²) in [5, 5.41) is 8.59. The topological polar surface area (TPSA) is 40.5 Å². The first-order valence-electron chi connectivity index (χ1n) is 4.80. The molecular formula is C9H14F3NO2. The molecule has 15 heavy (non-hydrogen) atoms. The van der Waals surface area contributed by atoms with Crippen molar-refractivity contribution in [2.24, 2.45) is 11.8 Å². The highest BCUT2D eigenvalue weighted by atomic mass is 19.4. The number of carbonyl (C=O) groups is 1. The number of hydrogen-bond acceptors (Lipinski definition) is 2. The Morgan fingerprint density at radius 2 is 1.87 bits per heavy atom. The summed E-state index contributed by atoms with van der Waals surface area (Å²) in [6.07, 6.45) is -4.04. The smallest absolute Gasteiger partial charge is 0.402 e. The molecule has 0 radical (unpaired) electrons. The van der Waals surface area contributed by atoms with E-state index in [1.165, 1.54) is 0 Å². The Labute approximate surface area is 85.9 Å². The fourth-order valence-electron chi connectivity index (χ4n) is 1.97. The molecule has 1 N–H and O–H groups in total. The molecule has 0 bridgehead atoms. The Balaban J connectivity index is 2.69. The van der Waals surface area contributed by atoms with Gasteiger partial charge < -0.3 is 10.0 Å². The van der Waals surface area contributed by atoms with Gasteiger partial charge in [0.25, 0.3) is 0 Å². The molecule has 6 heteroatoms. The van der Waals surface area contributed by atoms with Gasteiger partial charge in [-0.15, -0.1) is 0 Å². The summed E-state index contributed by atoms with van der Waals surface area (Å²) >= 11 is 0. The van der Waals surface area contributed by atoms with Crippen LogP contribution in [0.25, 0.3) is 0 Å². The van der Waals surface area contributed by atoms with Gasteiger partial charge in [-0.25, -0.2) is 0 Å². The Bertz CT molecular complexity index is 234. The third kappa shape index (κ3) is 3.09. The van der Waals surface area contributed by atoms with Gasteiger partial charge in [0.1, 0.15) is 0 Å². The van der Waals surface area contributed by atoms with E-state index in [1.54, 1.807) is 0 Å². The zero-order valence-corrected chi connectivity index (χ0v) is 8.42. The lowest BCUT2D eigenvalue weighted by Crippen LogP contribution is -2.42. The Morgan fingerprint density at radius 3 is 2.20 bits per heavy atom. The number of nitrogens with zero attached hydrogens (tertiary/aromatic N) is 1. The standard InChI is InChI=1S/C9H14F3NO2/c1-13-4-2-6(3-5-13)7(8(14)15)9(10,11)12/h6-7H,2-5H2,1H3,(H,14,15). The lowest BCUT2D eigenvalue weighted by Gasteiger charge is -2.33. The predicted octanol–water partition coefficient (Wildman–Crippen LogP) is 1.59. The monoisotopic (exact) mass is 225 g/mol. The fourth-order valence-corrected chi connectivity index (χ4v) is 1.97. The van der Waals surface area contributed by atoms with Gasteiger partial charge in [-0.1, -0.05) is 0 Å². The average Bonchev–Trinajstić information content (AvgIpc) is 2.05. The molecule has 1 atom stereocenters. The molecule has 1 heterocycles. The number of piperidine rings is 1. The molecule has 1 rings (SSSR count). The first-order chi connectivity index (χ1) is 6.82. The van der Waals surface area contributed by atoms with Gasteiger partial charge in [-0.3, -0.25) is 4.79 Å². The quantitative estimate of drug-likeness (QED) is 0.775. The third-order valence-electron chi connectivity index (χ3n) is 2.85. The van der Waals surface area contributed by atoms with Crippen molar-refractivity contribution in [3.63, 3.8) is 0 Å². The van der Waals surface area contributed by atoms with E-state index in [0.717, 1.165) is 0 Å². The largest absolute Gasteiger partial charge is 0.481 e. The van der Waals surface area contributed by atoms with Gasteiger partial charge >= 0.3 is 12.1 Å². The second-order valence-electron chi connectivity index (χ2n) is 4.00. The number of carboxylic acid groups (broad SMARTS) is 1. The molecule has 0 aromatic heterocycles. The predicted molar refractivity (Wildman–Crippen MR) is 47.4 cm³/mol. The van der Waals surface area contributed by atoms with E-state index in [2.05, 4.69) is 0 Å². The first kappa shape index (κ1) is 12.3. The number of hydrogen-bond donors (Lipinski definition) is 1. The molecule has 1 aliphatic rings. The number of carboxylic acids is 1. The molecule has 88 valence electrons. The summed E-state index contributed by atoms with van der Waals surface area (Å²) in [7, 11) is 1.82. The van der Waals surface area contributed by atoms with Gasteiger partial charge in [0.2, 0.25) is 0 Å². The summed E-state index contributed by atoms with van der Waals surface area (Å²) in [6.45, 7) is 1.06. The fraction of sp³-hybridized carbons (Fsp3) is 0.889. The number of likely N-dealkylation sites (tertiary alicyclic amines) is 1. The van der Waals surface area contributed by atoms with Crippen molar-refractivity contribution in [1.29, 1.82) is 0 Å². The van der Waals surface area contributed by atoms with E-state index in [1.807, 2.05) is 11.9 Å². The molecular weight excluding hydrogens is 211 g/mol. The van der Waals surface area contributed by atoms with Crippen molar-refractivity contribution in [3.05, 3.63) is 0 Å². The van der Waals surface area contributed by atoms with Crippen LogP contribution in [-0.4, -0.2) is 42.3 Å². The molecule has 1 aliphatic heterocycles. The SMILES string of the molecule is CN1CCC(C(C(=O)O)C(F)(F)F)CC1. The molecule has 3 nitrogen and oxygen atoms in total. The minimum Gasteiger partial charge on any atom is -0.481 e. The number of rotatable bonds is 2. The Hall–Kier alpha value is -0.780. The van der Waals surface area contributed by atoms with Gasteiger partial charge in [0, 0.05) is 0 Å². The van der Waals surface area contributed by atoms with Crippen LogP contribution in [-0.2, 0) is 4.79 Å². The molecule has 0 spiro atoms. The van der Waals surface area contributed by atoms with E-state index in [4.69, 9.17) is 5.11 Å². The van der Waals surface area contributed by atoms with Gasteiger partial charge in [0.15, 0.2) is 5.92 Å². The lowest BCUT2D eigenvalue weighted by molar-refractivity contribution is -0.206. The van der Waals surface area contributed by atoms with Gasteiger partial charge in [-0.2, -0.15) is 13.2 Å². The highest BCUT2D eigenvalue weighted by Gasteiger charge is 2.49. The van der Waals surface area contributed by atoms with Gasteiger partial charge in [-0.05, 0) is 38.9 Å². The summed E-state index contributed by atoms with van der Waals surface area (Å²) in [6, 6.07) is 0. The maximum absolute atomic E-state index is 12.5. The van der Waals surface area contributed by atoms with Crippen molar-refractivity contribution < 1.29 is 23.1 Å². The van der Waals surface area contributed by atoms with E-state index in [0.29, 0.717) is 25.9 Å². The third-order valence-corrected chi connectivity index (χ3v) is 2.85. The van der Waals surface area contributed by atoms with Crippen molar-refractivity contribution in [2.45, 2.75) is 19.0 Å².